The number of aromatic nitrogens is 1. The van der Waals surface area contributed by atoms with E-state index in [-0.39, 0.29) is 5.91 Å². The number of morpholine rings is 1. The number of benzene rings is 1. The van der Waals surface area contributed by atoms with Gasteiger partial charge in [-0.15, -0.1) is 0 Å². The molecular formula is C16H21N4O2S2+. The van der Waals surface area contributed by atoms with Crippen LogP contribution in [-0.2, 0) is 4.74 Å². The van der Waals surface area contributed by atoms with Crippen molar-refractivity contribution in [3.63, 3.8) is 0 Å². The third kappa shape index (κ3) is 3.84. The molecule has 2 aromatic rings. The molecule has 3 rings (SSSR count). The van der Waals surface area contributed by atoms with E-state index in [1.54, 1.807) is 4.57 Å². The Bertz CT molecular complexity index is 751. The summed E-state index contributed by atoms with van der Waals surface area (Å²) in [5.41, 5.74) is 7.04. The first-order valence-corrected chi connectivity index (χ1v) is 9.15. The summed E-state index contributed by atoms with van der Waals surface area (Å²) in [7, 11) is 0. The minimum absolute atomic E-state index is 0.161. The van der Waals surface area contributed by atoms with Gasteiger partial charge in [0.15, 0.2) is 3.95 Å². The molecule has 6 nitrogen and oxygen atoms in total. The molecule has 0 aliphatic carbocycles. The molecule has 2 heterocycles. The molecular weight excluding hydrogens is 344 g/mol. The van der Waals surface area contributed by atoms with Crippen molar-refractivity contribution in [1.82, 2.24) is 9.88 Å². The summed E-state index contributed by atoms with van der Waals surface area (Å²) >= 11 is 6.62. The molecule has 1 amide bonds. The van der Waals surface area contributed by atoms with Gasteiger partial charge in [0.05, 0.1) is 26.3 Å². The molecule has 1 aromatic heterocycles. The van der Waals surface area contributed by atoms with Crippen molar-refractivity contribution in [3.05, 3.63) is 39.2 Å². The number of carbonyl (C=O) groups is 1. The molecule has 1 aliphatic rings. The van der Waals surface area contributed by atoms with E-state index in [0.717, 1.165) is 38.5 Å². The molecule has 128 valence electrons. The molecule has 4 N–H and O–H groups in total. The maximum absolute atomic E-state index is 12.4. The zero-order valence-electron chi connectivity index (χ0n) is 13.3. The predicted molar refractivity (Wildman–Crippen MR) is 97.6 cm³/mol. The number of anilines is 1. The van der Waals surface area contributed by atoms with E-state index < -0.39 is 0 Å². The molecule has 0 saturated carbocycles. The molecule has 1 saturated heterocycles. The molecule has 0 unspecified atom stereocenters. The van der Waals surface area contributed by atoms with Gasteiger partial charge in [-0.05, 0) is 24.4 Å². The third-order valence-electron chi connectivity index (χ3n) is 4.03. The number of carbonyl (C=O) groups excluding carboxylic acids is 1. The SMILES string of the molecule is Nc1c(C(=O)NCC[NH+]2CCOCC2)sc(=S)n1-c1ccccc1. The van der Waals surface area contributed by atoms with Crippen LogP contribution in [0.2, 0.25) is 0 Å². The van der Waals surface area contributed by atoms with Crippen LogP contribution in [0.1, 0.15) is 9.67 Å². The highest BCUT2D eigenvalue weighted by atomic mass is 32.1. The number of ether oxygens (including phenoxy) is 1. The van der Waals surface area contributed by atoms with Crippen LogP contribution in [0.3, 0.4) is 0 Å². The summed E-state index contributed by atoms with van der Waals surface area (Å²) in [6.07, 6.45) is 0. The number of hydrogen-bond acceptors (Lipinski definition) is 5. The van der Waals surface area contributed by atoms with Crippen LogP contribution in [0.5, 0.6) is 0 Å². The zero-order chi connectivity index (χ0) is 16.9. The number of thiazole rings is 1. The van der Waals surface area contributed by atoms with Gasteiger partial charge >= 0.3 is 0 Å². The van der Waals surface area contributed by atoms with Gasteiger partial charge in [-0.1, -0.05) is 29.5 Å². The molecule has 0 radical (unpaired) electrons. The maximum Gasteiger partial charge on any atom is 0.265 e. The van der Waals surface area contributed by atoms with Crippen molar-refractivity contribution >= 4 is 35.3 Å². The second kappa shape index (κ2) is 7.89. The molecule has 24 heavy (non-hydrogen) atoms. The molecule has 0 spiro atoms. The Morgan fingerprint density at radius 2 is 2.04 bits per heavy atom. The number of para-hydroxylation sites is 1. The minimum atomic E-state index is -0.161. The molecule has 1 fully saturated rings. The van der Waals surface area contributed by atoms with Crippen molar-refractivity contribution < 1.29 is 14.4 Å². The number of amides is 1. The van der Waals surface area contributed by atoms with E-state index in [1.165, 1.54) is 16.2 Å². The monoisotopic (exact) mass is 365 g/mol. The van der Waals surface area contributed by atoms with Crippen LogP contribution in [0, 0.1) is 3.95 Å². The largest absolute Gasteiger partial charge is 0.383 e. The Kier molecular flexibility index (Phi) is 5.62. The summed E-state index contributed by atoms with van der Waals surface area (Å²) in [5, 5.41) is 2.95. The number of rotatable bonds is 5. The Morgan fingerprint density at radius 3 is 2.75 bits per heavy atom. The summed E-state index contributed by atoms with van der Waals surface area (Å²) in [6, 6.07) is 9.60. The standard InChI is InChI=1S/C16H20N4O2S2/c17-14-13(15(21)18-6-7-19-8-10-22-11-9-19)24-16(23)20(14)12-4-2-1-3-5-12/h1-5H,6-11,17H2,(H,18,21)/p+1. The van der Waals surface area contributed by atoms with E-state index in [4.69, 9.17) is 22.7 Å². The van der Waals surface area contributed by atoms with Gasteiger partial charge in [-0.3, -0.25) is 9.36 Å². The van der Waals surface area contributed by atoms with Crippen molar-refractivity contribution in [3.8, 4) is 5.69 Å². The molecule has 8 heteroatoms. The fourth-order valence-corrected chi connectivity index (χ4v) is 4.00. The second-order valence-electron chi connectivity index (χ2n) is 5.62. The molecule has 1 aliphatic heterocycles. The Balaban J connectivity index is 1.66. The number of nitrogen functional groups attached to an aromatic ring is 1. The Labute approximate surface area is 149 Å². The van der Waals surface area contributed by atoms with Gasteiger partial charge < -0.3 is 20.7 Å². The molecule has 1 aromatic carbocycles. The van der Waals surface area contributed by atoms with Crippen LogP contribution in [0.25, 0.3) is 5.69 Å². The Hall–Kier alpha value is -1.74. The zero-order valence-corrected chi connectivity index (χ0v) is 14.9. The van der Waals surface area contributed by atoms with Crippen molar-refractivity contribution in [2.24, 2.45) is 0 Å². The highest BCUT2D eigenvalue weighted by molar-refractivity contribution is 7.73. The van der Waals surface area contributed by atoms with Crippen LogP contribution in [0.4, 0.5) is 5.82 Å². The van der Waals surface area contributed by atoms with Gasteiger partial charge in [0, 0.05) is 5.69 Å². The number of hydrogen-bond donors (Lipinski definition) is 3. The van der Waals surface area contributed by atoms with Crippen LogP contribution >= 0.6 is 23.6 Å². The third-order valence-corrected chi connectivity index (χ3v) is 5.42. The first kappa shape index (κ1) is 17.1. The number of nitrogens with two attached hydrogens (primary N) is 1. The Morgan fingerprint density at radius 1 is 1.33 bits per heavy atom. The fourth-order valence-electron chi connectivity index (χ4n) is 2.71. The number of quaternary nitrogens is 1. The average molecular weight is 366 g/mol. The van der Waals surface area contributed by atoms with Gasteiger partial charge in [-0.25, -0.2) is 0 Å². The fraction of sp³-hybridized carbons (Fsp3) is 0.375. The van der Waals surface area contributed by atoms with Crippen molar-refractivity contribution in [2.45, 2.75) is 0 Å². The van der Waals surface area contributed by atoms with E-state index in [9.17, 15) is 4.79 Å². The first-order chi connectivity index (χ1) is 11.7. The summed E-state index contributed by atoms with van der Waals surface area (Å²) in [4.78, 5) is 14.4. The normalized spacial score (nSPS) is 15.3. The lowest BCUT2D eigenvalue weighted by atomic mass is 10.3. The van der Waals surface area contributed by atoms with Gasteiger partial charge in [0.1, 0.15) is 23.8 Å². The van der Waals surface area contributed by atoms with E-state index >= 15 is 0 Å². The first-order valence-electron chi connectivity index (χ1n) is 7.93. The highest BCUT2D eigenvalue weighted by Crippen LogP contribution is 2.25. The lowest BCUT2D eigenvalue weighted by molar-refractivity contribution is -0.906. The minimum Gasteiger partial charge on any atom is -0.383 e. The van der Waals surface area contributed by atoms with Crippen LogP contribution in [0.15, 0.2) is 30.3 Å². The highest BCUT2D eigenvalue weighted by Gasteiger charge is 2.19. The quantitative estimate of drug-likeness (QED) is 0.675. The molecule has 0 bridgehead atoms. The topological polar surface area (TPSA) is 73.7 Å². The summed E-state index contributed by atoms with van der Waals surface area (Å²) < 4.78 is 7.64. The van der Waals surface area contributed by atoms with Gasteiger partial charge in [0.2, 0.25) is 0 Å². The van der Waals surface area contributed by atoms with E-state index in [1.807, 2.05) is 30.3 Å². The van der Waals surface area contributed by atoms with Crippen molar-refractivity contribution in [1.29, 1.82) is 0 Å². The maximum atomic E-state index is 12.4. The molecule has 0 atom stereocenters. The van der Waals surface area contributed by atoms with E-state index in [2.05, 4.69) is 5.32 Å². The lowest BCUT2D eigenvalue weighted by Gasteiger charge is -2.23. The summed E-state index contributed by atoms with van der Waals surface area (Å²) in [6.45, 7) is 5.06. The van der Waals surface area contributed by atoms with Gasteiger partial charge in [0.25, 0.3) is 5.91 Å². The smallest absolute Gasteiger partial charge is 0.265 e. The van der Waals surface area contributed by atoms with Gasteiger partial charge in [-0.2, -0.15) is 0 Å². The number of nitrogens with one attached hydrogen (secondary N) is 2. The van der Waals surface area contributed by atoms with Crippen LogP contribution in [-0.4, -0.2) is 49.9 Å². The average Bonchev–Trinajstić information content (AvgIpc) is 2.91. The van der Waals surface area contributed by atoms with Crippen LogP contribution < -0.4 is 16.0 Å². The summed E-state index contributed by atoms with van der Waals surface area (Å²) in [5.74, 6) is 0.235. The lowest BCUT2D eigenvalue weighted by Crippen LogP contribution is -3.14. The van der Waals surface area contributed by atoms with E-state index in [0.29, 0.717) is 21.2 Å². The second-order valence-corrected chi connectivity index (χ2v) is 7.27. The predicted octanol–water partition coefficient (Wildman–Crippen LogP) is 0.495. The van der Waals surface area contributed by atoms with Crippen molar-refractivity contribution in [2.75, 3.05) is 45.1 Å². The number of nitrogens with zero attached hydrogens (tertiary/aromatic N) is 1.